The fraction of sp³-hybridized carbons (Fsp3) is 0.400. The topological polar surface area (TPSA) is 42.0 Å². The van der Waals surface area contributed by atoms with Crippen LogP contribution in [0.25, 0.3) is 0 Å². The van der Waals surface area contributed by atoms with Gasteiger partial charge in [0, 0.05) is 18.9 Å². The Bertz CT molecular complexity index is 277. The number of carbonyl (C=O) groups excluding carboxylic acids is 1. The molecule has 0 aromatic carbocycles. The summed E-state index contributed by atoms with van der Waals surface area (Å²) < 4.78 is 11.7. The third-order valence-electron chi connectivity index (χ3n) is 1.81. The van der Waals surface area contributed by atoms with Crippen molar-refractivity contribution in [2.24, 2.45) is 0 Å². The molecule has 3 nitrogen and oxygen atoms in total. The normalized spacial score (nSPS) is 9.79. The summed E-state index contributed by atoms with van der Waals surface area (Å²) in [6.45, 7) is -0.0516. The van der Waals surface area contributed by atoms with Gasteiger partial charge in [-0.15, -0.1) is 0 Å². The van der Waals surface area contributed by atoms with Crippen LogP contribution in [0.4, 0.5) is 4.39 Å². The number of nitrogens with zero attached hydrogens (tertiary/aromatic N) is 1. The third kappa shape index (κ3) is 3.98. The molecule has 1 heterocycles. The van der Waals surface area contributed by atoms with Crippen molar-refractivity contribution in [3.8, 4) is 0 Å². The maximum Gasteiger partial charge on any atom is 0.222 e. The minimum Gasteiger partial charge on any atom is -0.356 e. The Morgan fingerprint density at radius 2 is 2.14 bits per heavy atom. The Kier molecular flexibility index (Phi) is 4.61. The average Bonchev–Trinajstić information content (AvgIpc) is 2.20. The first-order chi connectivity index (χ1) is 6.83. The highest BCUT2D eigenvalue weighted by molar-refractivity contribution is 5.75. The molecule has 0 bridgehead atoms. The number of pyridine rings is 1. The number of hydrogen-bond acceptors (Lipinski definition) is 2. The molecular weight excluding hydrogens is 183 g/mol. The van der Waals surface area contributed by atoms with Crippen LogP contribution in [0.3, 0.4) is 0 Å². The number of nitrogens with one attached hydrogen (secondary N) is 1. The van der Waals surface area contributed by atoms with Crippen LogP contribution in [0, 0.1) is 0 Å². The van der Waals surface area contributed by atoms with Crippen LogP contribution in [-0.2, 0) is 11.2 Å². The van der Waals surface area contributed by atoms with Crippen molar-refractivity contribution < 1.29 is 9.18 Å². The van der Waals surface area contributed by atoms with Gasteiger partial charge in [-0.2, -0.15) is 0 Å². The van der Waals surface area contributed by atoms with Crippen LogP contribution in [0.2, 0.25) is 0 Å². The molecular formula is C10H13FN2O. The SMILES string of the molecule is O=C(CCF)NCCc1ccncc1. The van der Waals surface area contributed by atoms with Crippen molar-refractivity contribution in [3.05, 3.63) is 30.1 Å². The standard InChI is InChI=1S/C10H13FN2O/c11-5-1-10(14)13-8-4-9-2-6-12-7-3-9/h2-3,6-7H,1,4-5,8H2,(H,13,14). The Balaban J connectivity index is 2.19. The predicted octanol–water partition coefficient (Wildman–Crippen LogP) is 1.10. The van der Waals surface area contributed by atoms with Gasteiger partial charge >= 0.3 is 0 Å². The van der Waals surface area contributed by atoms with Gasteiger partial charge < -0.3 is 5.32 Å². The highest BCUT2D eigenvalue weighted by Crippen LogP contribution is 1.95. The number of halogens is 1. The monoisotopic (exact) mass is 196 g/mol. The molecule has 0 atom stereocenters. The van der Waals surface area contributed by atoms with E-state index >= 15 is 0 Å². The maximum absolute atomic E-state index is 11.7. The summed E-state index contributed by atoms with van der Waals surface area (Å²) in [6.07, 6.45) is 4.12. The molecule has 0 radical (unpaired) electrons. The fourth-order valence-electron chi connectivity index (χ4n) is 1.07. The first-order valence-electron chi connectivity index (χ1n) is 4.54. The summed E-state index contributed by atoms with van der Waals surface area (Å²) >= 11 is 0. The molecule has 14 heavy (non-hydrogen) atoms. The van der Waals surface area contributed by atoms with Crippen molar-refractivity contribution in [3.63, 3.8) is 0 Å². The van der Waals surface area contributed by atoms with Gasteiger partial charge in [0.25, 0.3) is 0 Å². The molecule has 1 N–H and O–H groups in total. The largest absolute Gasteiger partial charge is 0.356 e. The van der Waals surface area contributed by atoms with E-state index in [1.54, 1.807) is 12.4 Å². The zero-order valence-electron chi connectivity index (χ0n) is 7.87. The van der Waals surface area contributed by atoms with Crippen LogP contribution >= 0.6 is 0 Å². The van der Waals surface area contributed by atoms with E-state index in [1.807, 2.05) is 12.1 Å². The first kappa shape index (κ1) is 10.6. The zero-order chi connectivity index (χ0) is 10.2. The molecule has 0 aliphatic carbocycles. The summed E-state index contributed by atoms with van der Waals surface area (Å²) in [5.41, 5.74) is 1.11. The number of amides is 1. The van der Waals surface area contributed by atoms with Gasteiger partial charge in [0.1, 0.15) is 0 Å². The van der Waals surface area contributed by atoms with Gasteiger partial charge in [0.2, 0.25) is 5.91 Å². The van der Waals surface area contributed by atoms with E-state index in [9.17, 15) is 9.18 Å². The van der Waals surface area contributed by atoms with E-state index in [0.29, 0.717) is 6.54 Å². The number of aromatic nitrogens is 1. The van der Waals surface area contributed by atoms with Crippen LogP contribution < -0.4 is 5.32 Å². The van der Waals surface area contributed by atoms with Gasteiger partial charge in [-0.25, -0.2) is 0 Å². The van der Waals surface area contributed by atoms with Crippen molar-refractivity contribution in [1.29, 1.82) is 0 Å². The minimum absolute atomic E-state index is 0.0453. The Morgan fingerprint density at radius 1 is 1.43 bits per heavy atom. The van der Waals surface area contributed by atoms with E-state index < -0.39 is 6.67 Å². The highest BCUT2D eigenvalue weighted by Gasteiger charge is 1.99. The van der Waals surface area contributed by atoms with Crippen molar-refractivity contribution in [1.82, 2.24) is 10.3 Å². The number of rotatable bonds is 5. The number of hydrogen-bond donors (Lipinski definition) is 1. The van der Waals surface area contributed by atoms with Gasteiger partial charge in [0.05, 0.1) is 13.1 Å². The summed E-state index contributed by atoms with van der Waals surface area (Å²) in [4.78, 5) is 14.8. The van der Waals surface area contributed by atoms with E-state index in [1.165, 1.54) is 0 Å². The summed E-state index contributed by atoms with van der Waals surface area (Å²) in [7, 11) is 0. The molecule has 1 aromatic heterocycles. The van der Waals surface area contributed by atoms with Crippen molar-refractivity contribution in [2.75, 3.05) is 13.2 Å². The molecule has 0 spiro atoms. The van der Waals surface area contributed by atoms with Gasteiger partial charge in [-0.05, 0) is 24.1 Å². The second-order valence-electron chi connectivity index (χ2n) is 2.89. The maximum atomic E-state index is 11.7. The Hall–Kier alpha value is -1.45. The molecule has 1 amide bonds. The molecule has 0 saturated carbocycles. The zero-order valence-corrected chi connectivity index (χ0v) is 7.87. The quantitative estimate of drug-likeness (QED) is 0.766. The van der Waals surface area contributed by atoms with Crippen LogP contribution in [0.5, 0.6) is 0 Å². The molecule has 0 aliphatic rings. The molecule has 0 fully saturated rings. The Morgan fingerprint density at radius 3 is 2.79 bits per heavy atom. The van der Waals surface area contributed by atoms with Gasteiger partial charge in [0.15, 0.2) is 0 Å². The first-order valence-corrected chi connectivity index (χ1v) is 4.54. The molecule has 0 saturated heterocycles. The highest BCUT2D eigenvalue weighted by atomic mass is 19.1. The summed E-state index contributed by atoms with van der Waals surface area (Å²) in [5, 5.41) is 2.63. The second kappa shape index (κ2) is 6.07. The van der Waals surface area contributed by atoms with E-state index in [4.69, 9.17) is 0 Å². The number of alkyl halides is 1. The smallest absolute Gasteiger partial charge is 0.222 e. The molecule has 76 valence electrons. The lowest BCUT2D eigenvalue weighted by molar-refractivity contribution is -0.121. The number of carbonyl (C=O) groups is 1. The lowest BCUT2D eigenvalue weighted by atomic mass is 10.2. The van der Waals surface area contributed by atoms with Crippen LogP contribution in [-0.4, -0.2) is 24.1 Å². The van der Waals surface area contributed by atoms with Crippen molar-refractivity contribution in [2.45, 2.75) is 12.8 Å². The van der Waals surface area contributed by atoms with E-state index in [0.717, 1.165) is 12.0 Å². The molecule has 4 heteroatoms. The average molecular weight is 196 g/mol. The molecule has 1 aromatic rings. The molecule has 0 unspecified atom stereocenters. The van der Waals surface area contributed by atoms with E-state index in [2.05, 4.69) is 10.3 Å². The van der Waals surface area contributed by atoms with Crippen molar-refractivity contribution >= 4 is 5.91 Å². The lowest BCUT2D eigenvalue weighted by Gasteiger charge is -2.03. The van der Waals surface area contributed by atoms with Crippen LogP contribution in [0.1, 0.15) is 12.0 Å². The van der Waals surface area contributed by atoms with Gasteiger partial charge in [-0.3, -0.25) is 14.2 Å². The van der Waals surface area contributed by atoms with Gasteiger partial charge in [-0.1, -0.05) is 0 Å². The summed E-state index contributed by atoms with van der Waals surface area (Å²) in [5.74, 6) is -0.235. The Labute approximate surface area is 82.4 Å². The van der Waals surface area contributed by atoms with E-state index in [-0.39, 0.29) is 12.3 Å². The molecule has 1 rings (SSSR count). The van der Waals surface area contributed by atoms with Crippen LogP contribution in [0.15, 0.2) is 24.5 Å². The third-order valence-corrected chi connectivity index (χ3v) is 1.81. The predicted molar refractivity (Wildman–Crippen MR) is 51.5 cm³/mol. The molecule has 0 aliphatic heterocycles. The lowest BCUT2D eigenvalue weighted by Crippen LogP contribution is -2.25. The summed E-state index contributed by atoms with van der Waals surface area (Å²) in [6, 6.07) is 3.78. The fourth-order valence-corrected chi connectivity index (χ4v) is 1.07. The second-order valence-corrected chi connectivity index (χ2v) is 2.89. The minimum atomic E-state index is -0.596.